The van der Waals surface area contributed by atoms with Gasteiger partial charge in [0.05, 0.1) is 5.75 Å². The number of halogens is 4. The first-order valence-corrected chi connectivity index (χ1v) is 10.3. The third-order valence-electron chi connectivity index (χ3n) is 3.70. The van der Waals surface area contributed by atoms with Crippen LogP contribution < -0.4 is 0 Å². The Bertz CT molecular complexity index is 763. The summed E-state index contributed by atoms with van der Waals surface area (Å²) in [7, 11) is 2.51. The fourth-order valence-electron chi connectivity index (χ4n) is 2.43. The van der Waals surface area contributed by atoms with Gasteiger partial charge in [-0.2, -0.15) is 0 Å². The molecule has 0 aliphatic carbocycles. The molecule has 3 rings (SSSR count). The lowest BCUT2D eigenvalue weighted by Crippen LogP contribution is -2.07. The lowest BCUT2D eigenvalue weighted by Gasteiger charge is -2.07. The second-order valence-corrected chi connectivity index (χ2v) is 8.04. The zero-order valence-electron chi connectivity index (χ0n) is 13.5. The van der Waals surface area contributed by atoms with Gasteiger partial charge >= 0.3 is 0 Å². The van der Waals surface area contributed by atoms with Crippen LogP contribution >= 0.6 is 21.6 Å². The van der Waals surface area contributed by atoms with Crippen LogP contribution in [0, 0.1) is 11.6 Å². The van der Waals surface area contributed by atoms with Gasteiger partial charge in [-0.15, -0.1) is 0 Å². The summed E-state index contributed by atoms with van der Waals surface area (Å²) in [6.07, 6.45) is -2.30. The van der Waals surface area contributed by atoms with Crippen LogP contribution in [0.3, 0.4) is 0 Å². The molecule has 8 heteroatoms. The second-order valence-electron chi connectivity index (χ2n) is 5.54. The zero-order valence-corrected chi connectivity index (χ0v) is 15.1. The molecular formula is C18H15F4NOS2. The number of hydrogen-bond donors (Lipinski definition) is 0. The van der Waals surface area contributed by atoms with Gasteiger partial charge in [-0.05, 0) is 23.3 Å². The summed E-state index contributed by atoms with van der Waals surface area (Å²) in [5, 5.41) is 0. The number of aliphatic imine (C=N–C) groups is 1. The summed E-state index contributed by atoms with van der Waals surface area (Å²) in [5.41, 5.74) is 1.62. The maximum absolute atomic E-state index is 13.8. The average Bonchev–Trinajstić information content (AvgIpc) is 3.08. The van der Waals surface area contributed by atoms with Crippen LogP contribution in [0.25, 0.3) is 0 Å². The van der Waals surface area contributed by atoms with E-state index >= 15 is 0 Å². The third-order valence-corrected chi connectivity index (χ3v) is 5.96. The number of rotatable bonds is 7. The van der Waals surface area contributed by atoms with E-state index in [1.165, 1.54) is 16.9 Å². The van der Waals surface area contributed by atoms with Crippen molar-refractivity contribution >= 4 is 27.5 Å². The average molecular weight is 401 g/mol. The first kappa shape index (κ1) is 19.1. The zero-order chi connectivity index (χ0) is 18.5. The highest BCUT2D eigenvalue weighted by Crippen LogP contribution is 2.30. The van der Waals surface area contributed by atoms with Crippen LogP contribution in [0.1, 0.15) is 22.7 Å². The topological polar surface area (TPSA) is 21.6 Å². The molecule has 26 heavy (non-hydrogen) atoms. The SMILES string of the molecule is Fc1cccc(F)c1C1=NC(c2ccc(CSSCC(F)F)cc2)CO1. The van der Waals surface area contributed by atoms with E-state index in [-0.39, 0.29) is 29.9 Å². The summed E-state index contributed by atoms with van der Waals surface area (Å²) in [4.78, 5) is 4.30. The van der Waals surface area contributed by atoms with Crippen LogP contribution in [0.2, 0.25) is 0 Å². The molecule has 0 bridgehead atoms. The minimum atomic E-state index is -2.30. The molecule has 0 amide bonds. The summed E-state index contributed by atoms with van der Waals surface area (Å²) in [5.74, 6) is -1.02. The Balaban J connectivity index is 1.64. The second kappa shape index (κ2) is 8.81. The van der Waals surface area contributed by atoms with Crippen molar-refractivity contribution in [3.63, 3.8) is 0 Å². The van der Waals surface area contributed by atoms with Crippen molar-refractivity contribution in [3.05, 3.63) is 70.8 Å². The van der Waals surface area contributed by atoms with Gasteiger partial charge in [0.25, 0.3) is 0 Å². The molecule has 2 aromatic carbocycles. The Labute approximate surface area is 156 Å². The van der Waals surface area contributed by atoms with E-state index in [2.05, 4.69) is 4.99 Å². The molecule has 1 heterocycles. The van der Waals surface area contributed by atoms with Crippen molar-refractivity contribution in [1.82, 2.24) is 0 Å². The van der Waals surface area contributed by atoms with E-state index in [1.54, 1.807) is 0 Å². The highest BCUT2D eigenvalue weighted by Gasteiger charge is 2.26. The maximum Gasteiger partial charge on any atom is 0.248 e. The first-order valence-electron chi connectivity index (χ1n) is 7.81. The Morgan fingerprint density at radius 1 is 1.04 bits per heavy atom. The van der Waals surface area contributed by atoms with Crippen LogP contribution in [0.5, 0.6) is 0 Å². The van der Waals surface area contributed by atoms with Crippen LogP contribution in [0.4, 0.5) is 17.6 Å². The highest BCUT2D eigenvalue weighted by molar-refractivity contribution is 8.76. The van der Waals surface area contributed by atoms with Gasteiger partial charge in [0.2, 0.25) is 12.3 Å². The molecule has 0 fully saturated rings. The predicted molar refractivity (Wildman–Crippen MR) is 97.8 cm³/mol. The van der Waals surface area contributed by atoms with Crippen molar-refractivity contribution in [2.75, 3.05) is 12.4 Å². The van der Waals surface area contributed by atoms with E-state index in [4.69, 9.17) is 4.74 Å². The van der Waals surface area contributed by atoms with E-state index in [0.717, 1.165) is 34.1 Å². The van der Waals surface area contributed by atoms with Crippen LogP contribution in [0.15, 0.2) is 47.5 Å². The smallest absolute Gasteiger partial charge is 0.248 e. The molecule has 1 atom stereocenters. The lowest BCUT2D eigenvalue weighted by atomic mass is 10.1. The Morgan fingerprint density at radius 2 is 1.73 bits per heavy atom. The van der Waals surface area contributed by atoms with Gasteiger partial charge in [-0.3, -0.25) is 0 Å². The molecule has 0 aromatic heterocycles. The molecule has 0 N–H and O–H groups in total. The molecule has 0 spiro atoms. The minimum absolute atomic E-state index is 0.0337. The fourth-order valence-corrected chi connectivity index (χ4v) is 4.30. The standard InChI is InChI=1S/C18H15F4NOS2/c19-13-2-1-3-14(20)17(13)18-23-15(8-24-18)12-6-4-11(5-7-12)9-25-26-10-16(21)22/h1-7,15-16H,8-10H2. The molecule has 0 saturated heterocycles. The van der Waals surface area contributed by atoms with Gasteiger partial charge in [0.1, 0.15) is 29.8 Å². The molecule has 0 saturated carbocycles. The molecule has 1 aliphatic heterocycles. The Kier molecular flexibility index (Phi) is 6.48. The summed E-state index contributed by atoms with van der Waals surface area (Å²) in [6, 6.07) is 10.8. The number of ether oxygens (including phenoxy) is 1. The largest absolute Gasteiger partial charge is 0.475 e. The van der Waals surface area contributed by atoms with Gasteiger partial charge < -0.3 is 4.74 Å². The predicted octanol–water partition coefficient (Wildman–Crippen LogP) is 5.63. The van der Waals surface area contributed by atoms with Crippen LogP contribution in [-0.2, 0) is 10.5 Å². The summed E-state index contributed by atoms with van der Waals surface area (Å²) in [6.45, 7) is 0.210. The first-order chi connectivity index (χ1) is 12.5. The maximum atomic E-state index is 13.8. The molecular weight excluding hydrogens is 386 g/mol. The summed E-state index contributed by atoms with van der Waals surface area (Å²) < 4.78 is 57.2. The van der Waals surface area contributed by atoms with E-state index in [0.29, 0.717) is 5.75 Å². The monoisotopic (exact) mass is 401 g/mol. The molecule has 1 aliphatic rings. The van der Waals surface area contributed by atoms with Crippen molar-refractivity contribution in [1.29, 1.82) is 0 Å². The normalized spacial score (nSPS) is 16.7. The van der Waals surface area contributed by atoms with Crippen molar-refractivity contribution in [2.24, 2.45) is 4.99 Å². The number of alkyl halides is 2. The highest BCUT2D eigenvalue weighted by atomic mass is 33.1. The minimum Gasteiger partial charge on any atom is -0.475 e. The van der Waals surface area contributed by atoms with Gasteiger partial charge in [0, 0.05) is 5.75 Å². The van der Waals surface area contributed by atoms with E-state index in [1.807, 2.05) is 24.3 Å². The Hall–Kier alpha value is -1.67. The van der Waals surface area contributed by atoms with E-state index in [9.17, 15) is 17.6 Å². The number of benzene rings is 2. The van der Waals surface area contributed by atoms with E-state index < -0.39 is 18.1 Å². The molecule has 2 aromatic rings. The molecule has 1 unspecified atom stereocenters. The van der Waals surface area contributed by atoms with Gasteiger partial charge in [-0.25, -0.2) is 22.6 Å². The number of nitrogens with zero attached hydrogens (tertiary/aromatic N) is 1. The van der Waals surface area contributed by atoms with Gasteiger partial charge in [-0.1, -0.05) is 51.9 Å². The van der Waals surface area contributed by atoms with Crippen molar-refractivity contribution in [3.8, 4) is 0 Å². The van der Waals surface area contributed by atoms with Crippen molar-refractivity contribution < 1.29 is 22.3 Å². The number of hydrogen-bond acceptors (Lipinski definition) is 4. The Morgan fingerprint density at radius 3 is 2.38 bits per heavy atom. The summed E-state index contributed by atoms with van der Waals surface area (Å²) >= 11 is 0. The van der Waals surface area contributed by atoms with Crippen LogP contribution in [-0.4, -0.2) is 24.7 Å². The fraction of sp³-hybridized carbons (Fsp3) is 0.278. The quantitative estimate of drug-likeness (QED) is 0.341. The molecule has 138 valence electrons. The van der Waals surface area contributed by atoms with Gasteiger partial charge in [0.15, 0.2) is 0 Å². The van der Waals surface area contributed by atoms with Crippen molar-refractivity contribution in [2.45, 2.75) is 18.2 Å². The third kappa shape index (κ3) is 4.73. The molecule has 2 nitrogen and oxygen atoms in total. The molecule has 0 radical (unpaired) electrons. The lowest BCUT2D eigenvalue weighted by molar-refractivity contribution is 0.177.